The van der Waals surface area contributed by atoms with Crippen molar-refractivity contribution < 1.29 is 34.8 Å². The fourth-order valence-electron chi connectivity index (χ4n) is 7.52. The second-order valence-electron chi connectivity index (χ2n) is 12.1. The lowest BCUT2D eigenvalue weighted by Gasteiger charge is -2.50. The van der Waals surface area contributed by atoms with Crippen LogP contribution in [0.2, 0.25) is 0 Å². The van der Waals surface area contributed by atoms with Crippen molar-refractivity contribution in [2.24, 2.45) is 17.6 Å². The van der Waals surface area contributed by atoms with Crippen LogP contribution in [-0.4, -0.2) is 86.5 Å². The van der Waals surface area contributed by atoms with Crippen LogP contribution in [0.15, 0.2) is 39.8 Å². The normalized spacial score (nSPS) is 28.1. The van der Waals surface area contributed by atoms with Crippen LogP contribution in [-0.2, 0) is 27.3 Å². The Morgan fingerprint density at radius 1 is 1.17 bits per heavy atom. The molecule has 10 nitrogen and oxygen atoms in total. The molecule has 2 heterocycles. The number of phenols is 1. The second kappa shape index (κ2) is 10.3. The number of likely N-dealkylation sites (N-methyl/N-ethyl adjacent to an activating group) is 1. The van der Waals surface area contributed by atoms with E-state index < -0.39 is 58.0 Å². The Morgan fingerprint density at radius 3 is 2.50 bits per heavy atom. The summed E-state index contributed by atoms with van der Waals surface area (Å²) in [5.74, 6) is -6.39. The zero-order chi connectivity index (χ0) is 30.1. The lowest BCUT2D eigenvalue weighted by Crippen LogP contribution is -2.65. The summed E-state index contributed by atoms with van der Waals surface area (Å²) in [4.78, 5) is 43.5. The molecule has 2 aromatic rings. The van der Waals surface area contributed by atoms with Crippen LogP contribution < -0.4 is 5.73 Å². The van der Waals surface area contributed by atoms with Gasteiger partial charge in [-0.1, -0.05) is 6.42 Å². The van der Waals surface area contributed by atoms with Crippen molar-refractivity contribution in [3.63, 3.8) is 0 Å². The third-order valence-corrected chi connectivity index (χ3v) is 10.2. The van der Waals surface area contributed by atoms with E-state index in [2.05, 4.69) is 4.90 Å². The molecule has 3 aliphatic carbocycles. The third kappa shape index (κ3) is 4.13. The number of hydrogen-bond acceptors (Lipinski definition) is 10. The van der Waals surface area contributed by atoms with Gasteiger partial charge < -0.3 is 26.2 Å². The largest absolute Gasteiger partial charge is 0.508 e. The van der Waals surface area contributed by atoms with Crippen molar-refractivity contribution in [3.05, 3.63) is 56.5 Å². The number of piperidine rings is 1. The van der Waals surface area contributed by atoms with Gasteiger partial charge in [0.15, 0.2) is 11.4 Å². The van der Waals surface area contributed by atoms with Gasteiger partial charge in [-0.15, -0.1) is 0 Å². The maximum Gasteiger partial charge on any atom is 0.255 e. The number of aromatic hydroxyl groups is 1. The van der Waals surface area contributed by atoms with Gasteiger partial charge >= 0.3 is 0 Å². The number of amides is 1. The van der Waals surface area contributed by atoms with Crippen molar-refractivity contribution in [1.29, 1.82) is 0 Å². The lowest BCUT2D eigenvalue weighted by molar-refractivity contribution is -0.153. The van der Waals surface area contributed by atoms with Crippen LogP contribution in [0.4, 0.5) is 0 Å². The van der Waals surface area contributed by atoms with E-state index in [4.69, 9.17) is 5.73 Å². The minimum atomic E-state index is -2.65. The number of Topliss-reactive ketones (excluding diaryl/α,β-unsaturated/α-hetero) is 2. The quantitative estimate of drug-likeness (QED) is 0.328. The van der Waals surface area contributed by atoms with Crippen LogP contribution in [0, 0.1) is 11.8 Å². The number of nitrogens with two attached hydrogens (primary N) is 1. The number of thiophene rings is 1. The van der Waals surface area contributed by atoms with Crippen molar-refractivity contribution in [1.82, 2.24) is 9.80 Å². The summed E-state index contributed by atoms with van der Waals surface area (Å²) in [6.07, 6.45) is 3.61. The number of aliphatic hydroxyl groups is 3. The van der Waals surface area contributed by atoms with Gasteiger partial charge in [-0.25, -0.2) is 0 Å². The molecule has 6 rings (SSSR count). The van der Waals surface area contributed by atoms with Gasteiger partial charge in [0.2, 0.25) is 5.78 Å². The van der Waals surface area contributed by atoms with Crippen molar-refractivity contribution in [2.45, 2.75) is 50.3 Å². The predicted octanol–water partition coefficient (Wildman–Crippen LogP) is 2.68. The van der Waals surface area contributed by atoms with Crippen LogP contribution in [0.25, 0.3) is 16.9 Å². The Morgan fingerprint density at radius 2 is 1.88 bits per heavy atom. The zero-order valence-corrected chi connectivity index (χ0v) is 24.4. The standard InChI is InChI=1S/C31H35N3O7S/c1-33(2)24-20-12-16-10-19-18(15-6-9-42-14-15)11-17(13-34-7-4-3-5-8-34)25(35)22(19)26(36)21(16)28(38)31(20,41)29(39)23(27(24)37)30(32)40/h6,9,11,14,16,20,24,35-36,39,41H,3-5,7-8,10,12-13H2,1-2H3,(H2,32,40). The Hall–Kier alpha value is -3.51. The molecule has 11 heteroatoms. The first-order chi connectivity index (χ1) is 20.0. The van der Waals surface area contributed by atoms with E-state index >= 15 is 0 Å². The number of nitrogens with zero attached hydrogens (tertiary/aromatic N) is 2. The first-order valence-corrected chi connectivity index (χ1v) is 15.2. The third-order valence-electron chi connectivity index (χ3n) is 9.47. The minimum absolute atomic E-state index is 0.0606. The number of rotatable bonds is 5. The topological polar surface area (TPSA) is 165 Å². The number of phenolic OH excluding ortho intramolecular Hbond substituents is 1. The van der Waals surface area contributed by atoms with Crippen molar-refractivity contribution in [2.75, 3.05) is 27.2 Å². The van der Waals surface area contributed by atoms with Gasteiger partial charge in [0.05, 0.1) is 11.6 Å². The number of ketones is 2. The average molecular weight is 594 g/mol. The summed E-state index contributed by atoms with van der Waals surface area (Å²) >= 11 is 1.53. The second-order valence-corrected chi connectivity index (χ2v) is 12.9. The Kier molecular flexibility index (Phi) is 7.04. The van der Waals surface area contributed by atoms with Gasteiger partial charge in [0, 0.05) is 23.6 Å². The maximum absolute atomic E-state index is 14.2. The molecule has 0 radical (unpaired) electrons. The van der Waals surface area contributed by atoms with Crippen LogP contribution in [0.1, 0.15) is 42.4 Å². The van der Waals surface area contributed by atoms with Gasteiger partial charge in [-0.3, -0.25) is 24.2 Å². The highest BCUT2D eigenvalue weighted by Gasteiger charge is 2.64. The zero-order valence-electron chi connectivity index (χ0n) is 23.6. The summed E-state index contributed by atoms with van der Waals surface area (Å²) in [5.41, 5.74) is 5.03. The molecule has 1 amide bonds. The molecule has 1 aromatic heterocycles. The summed E-state index contributed by atoms with van der Waals surface area (Å²) in [5, 5.41) is 50.2. The molecule has 4 aliphatic rings. The molecule has 2 fully saturated rings. The number of carbonyl (C=O) groups excluding carboxylic acids is 3. The Labute approximate surface area is 247 Å². The number of hydrogen-bond donors (Lipinski definition) is 5. The van der Waals surface area contributed by atoms with E-state index in [9.17, 15) is 34.8 Å². The molecule has 1 aromatic carbocycles. The molecule has 4 atom stereocenters. The summed E-state index contributed by atoms with van der Waals surface area (Å²) in [7, 11) is 3.17. The molecule has 1 saturated carbocycles. The molecule has 0 bridgehead atoms. The molecular formula is C31H35N3O7S. The lowest BCUT2D eigenvalue weighted by atomic mass is 9.57. The van der Waals surface area contributed by atoms with E-state index in [1.54, 1.807) is 14.1 Å². The first-order valence-electron chi connectivity index (χ1n) is 14.2. The van der Waals surface area contributed by atoms with Gasteiger partial charge in [-0.05, 0) is 98.4 Å². The van der Waals surface area contributed by atoms with E-state index in [1.807, 2.05) is 22.9 Å². The van der Waals surface area contributed by atoms with E-state index in [0.717, 1.165) is 43.5 Å². The van der Waals surface area contributed by atoms with Gasteiger partial charge in [0.25, 0.3) is 5.91 Å². The smallest absolute Gasteiger partial charge is 0.255 e. The van der Waals surface area contributed by atoms with Gasteiger partial charge in [-0.2, -0.15) is 11.3 Å². The molecule has 6 N–H and O–H groups in total. The highest BCUT2D eigenvalue weighted by Crippen LogP contribution is 2.54. The average Bonchev–Trinajstić information content (AvgIpc) is 3.47. The number of carbonyl (C=O) groups is 3. The predicted molar refractivity (Wildman–Crippen MR) is 157 cm³/mol. The number of aliphatic hydroxyl groups excluding tert-OH is 2. The summed E-state index contributed by atoms with van der Waals surface area (Å²) in [6.45, 7) is 2.26. The minimum Gasteiger partial charge on any atom is -0.508 e. The van der Waals surface area contributed by atoms with E-state index in [0.29, 0.717) is 17.7 Å². The Bertz CT molecular complexity index is 1550. The summed E-state index contributed by atoms with van der Waals surface area (Å²) in [6, 6.07) is 2.82. The van der Waals surface area contributed by atoms with Crippen LogP contribution in [0.3, 0.4) is 0 Å². The molecule has 0 spiro atoms. The highest BCUT2D eigenvalue weighted by molar-refractivity contribution is 7.08. The number of primary amides is 1. The molecule has 1 aliphatic heterocycles. The van der Waals surface area contributed by atoms with E-state index in [-0.39, 0.29) is 29.7 Å². The van der Waals surface area contributed by atoms with Crippen molar-refractivity contribution >= 4 is 34.6 Å². The van der Waals surface area contributed by atoms with Crippen LogP contribution in [0.5, 0.6) is 5.75 Å². The molecule has 222 valence electrons. The van der Waals surface area contributed by atoms with Crippen LogP contribution >= 0.6 is 11.3 Å². The fourth-order valence-corrected chi connectivity index (χ4v) is 8.18. The number of benzene rings is 1. The number of likely N-dealkylation sites (tertiary alicyclic amines) is 1. The molecule has 1 saturated heterocycles. The van der Waals surface area contributed by atoms with Gasteiger partial charge in [0.1, 0.15) is 22.8 Å². The molecule has 4 unspecified atom stereocenters. The fraction of sp³-hybridized carbons (Fsp3) is 0.452. The first kappa shape index (κ1) is 28.6. The monoisotopic (exact) mass is 593 g/mol. The van der Waals surface area contributed by atoms with E-state index in [1.165, 1.54) is 16.2 Å². The molecule has 42 heavy (non-hydrogen) atoms. The summed E-state index contributed by atoms with van der Waals surface area (Å²) < 4.78 is 0. The highest BCUT2D eigenvalue weighted by atomic mass is 32.1. The SMILES string of the molecule is CN(C)C1C(=O)C(C(N)=O)=C(O)C2(O)C(=O)C3=C(O)c4c(O)c(CN5CCCCC5)cc(-c5ccsc5)c4CC3CC12. The maximum atomic E-state index is 14.2. The Balaban J connectivity index is 1.55. The van der Waals surface area contributed by atoms with Crippen molar-refractivity contribution in [3.8, 4) is 16.9 Å². The number of fused-ring (bicyclic) bond motifs is 3. The molecular weight excluding hydrogens is 558 g/mol.